The Kier molecular flexibility index (Phi) is 8.58. The van der Waals surface area contributed by atoms with Gasteiger partial charge in [-0.05, 0) is 42.5 Å². The highest BCUT2D eigenvalue weighted by atomic mass is 127. The summed E-state index contributed by atoms with van der Waals surface area (Å²) in [6.07, 6.45) is 3.05. The van der Waals surface area contributed by atoms with E-state index in [1.165, 1.54) is 11.1 Å². The lowest BCUT2D eigenvalue weighted by atomic mass is 10.1. The van der Waals surface area contributed by atoms with Crippen LogP contribution in [0.2, 0.25) is 0 Å². The van der Waals surface area contributed by atoms with Crippen LogP contribution in [0.15, 0.2) is 59.6 Å². The van der Waals surface area contributed by atoms with Gasteiger partial charge in [-0.3, -0.25) is 4.99 Å². The molecule has 0 aliphatic carbocycles. The maximum Gasteiger partial charge on any atom is 0.193 e. The molecule has 2 rings (SSSR count). The normalized spacial score (nSPS) is 10.9. The number of nitrogens with two attached hydrogens (primary N) is 1. The first-order valence-corrected chi connectivity index (χ1v) is 7.47. The van der Waals surface area contributed by atoms with Crippen LogP contribution in [0.1, 0.15) is 24.5 Å². The SMILES string of the molecule is CCc1cccc(NC(N)=NCCCc2ccccc2)c1.I. The summed E-state index contributed by atoms with van der Waals surface area (Å²) < 4.78 is 0. The summed E-state index contributed by atoms with van der Waals surface area (Å²) in [7, 11) is 0. The summed E-state index contributed by atoms with van der Waals surface area (Å²) >= 11 is 0. The minimum absolute atomic E-state index is 0. The molecule has 0 fully saturated rings. The third kappa shape index (κ3) is 6.47. The molecule has 2 aromatic rings. The molecule has 0 aliphatic heterocycles. The topological polar surface area (TPSA) is 50.4 Å². The van der Waals surface area contributed by atoms with Crippen LogP contribution in [0.5, 0.6) is 0 Å². The molecule has 0 saturated heterocycles. The van der Waals surface area contributed by atoms with Crippen molar-refractivity contribution in [2.24, 2.45) is 10.7 Å². The van der Waals surface area contributed by atoms with Gasteiger partial charge in [0.15, 0.2) is 5.96 Å². The Hall–Kier alpha value is -1.56. The summed E-state index contributed by atoms with van der Waals surface area (Å²) in [5.74, 6) is 0.483. The Morgan fingerprint density at radius 3 is 2.50 bits per heavy atom. The molecule has 0 spiro atoms. The second-order valence-electron chi connectivity index (χ2n) is 5.04. The van der Waals surface area contributed by atoms with Gasteiger partial charge < -0.3 is 11.1 Å². The van der Waals surface area contributed by atoms with E-state index in [4.69, 9.17) is 5.73 Å². The van der Waals surface area contributed by atoms with Crippen molar-refractivity contribution in [3.63, 3.8) is 0 Å². The Morgan fingerprint density at radius 2 is 1.77 bits per heavy atom. The van der Waals surface area contributed by atoms with Gasteiger partial charge in [-0.1, -0.05) is 49.4 Å². The molecule has 22 heavy (non-hydrogen) atoms. The van der Waals surface area contributed by atoms with Crippen molar-refractivity contribution in [2.75, 3.05) is 11.9 Å². The van der Waals surface area contributed by atoms with Crippen LogP contribution in [-0.2, 0) is 12.8 Å². The number of rotatable bonds is 6. The van der Waals surface area contributed by atoms with Crippen molar-refractivity contribution >= 4 is 35.6 Å². The van der Waals surface area contributed by atoms with E-state index in [1.807, 2.05) is 18.2 Å². The van der Waals surface area contributed by atoms with Gasteiger partial charge >= 0.3 is 0 Å². The van der Waals surface area contributed by atoms with E-state index >= 15 is 0 Å². The zero-order chi connectivity index (χ0) is 14.9. The predicted octanol–water partition coefficient (Wildman–Crippen LogP) is 4.23. The highest BCUT2D eigenvalue weighted by molar-refractivity contribution is 14.0. The highest BCUT2D eigenvalue weighted by Crippen LogP contribution is 2.10. The molecular weight excluding hydrogens is 385 g/mol. The molecule has 0 atom stereocenters. The third-order valence-corrected chi connectivity index (χ3v) is 3.36. The molecule has 0 amide bonds. The van der Waals surface area contributed by atoms with Crippen LogP contribution < -0.4 is 11.1 Å². The number of hydrogen-bond acceptors (Lipinski definition) is 1. The maximum absolute atomic E-state index is 5.92. The fraction of sp³-hybridized carbons (Fsp3) is 0.278. The van der Waals surface area contributed by atoms with Gasteiger partial charge in [0, 0.05) is 12.2 Å². The zero-order valence-electron chi connectivity index (χ0n) is 13.0. The molecule has 0 aromatic heterocycles. The molecule has 0 unspecified atom stereocenters. The fourth-order valence-corrected chi connectivity index (χ4v) is 2.18. The number of aliphatic imine (C=N–C) groups is 1. The predicted molar refractivity (Wildman–Crippen MR) is 106 cm³/mol. The number of guanidine groups is 1. The lowest BCUT2D eigenvalue weighted by Gasteiger charge is -2.07. The highest BCUT2D eigenvalue weighted by Gasteiger charge is 1.97. The number of aryl methyl sites for hydroxylation is 2. The van der Waals surface area contributed by atoms with Gasteiger partial charge in [-0.25, -0.2) is 0 Å². The van der Waals surface area contributed by atoms with Gasteiger partial charge in [-0.15, -0.1) is 24.0 Å². The van der Waals surface area contributed by atoms with Gasteiger partial charge in [0.2, 0.25) is 0 Å². The van der Waals surface area contributed by atoms with E-state index in [-0.39, 0.29) is 24.0 Å². The quantitative estimate of drug-likeness (QED) is 0.325. The van der Waals surface area contributed by atoms with E-state index in [0.717, 1.165) is 31.5 Å². The summed E-state index contributed by atoms with van der Waals surface area (Å²) in [5, 5.41) is 3.14. The standard InChI is InChI=1S/C18H23N3.HI/c1-2-15-10-6-12-17(14-15)21-18(19)20-13-7-11-16-8-4-3-5-9-16;/h3-6,8-10,12,14H,2,7,11,13H2,1H3,(H3,19,20,21);1H. The van der Waals surface area contributed by atoms with Gasteiger partial charge in [-0.2, -0.15) is 0 Å². The molecule has 0 radical (unpaired) electrons. The molecule has 0 bridgehead atoms. The van der Waals surface area contributed by atoms with E-state index < -0.39 is 0 Å². The summed E-state index contributed by atoms with van der Waals surface area (Å²) in [6.45, 7) is 2.88. The minimum Gasteiger partial charge on any atom is -0.370 e. The average Bonchev–Trinajstić information content (AvgIpc) is 2.53. The van der Waals surface area contributed by atoms with Crippen LogP contribution in [0.4, 0.5) is 5.69 Å². The minimum atomic E-state index is 0. The fourth-order valence-electron chi connectivity index (χ4n) is 2.18. The lowest BCUT2D eigenvalue weighted by Crippen LogP contribution is -2.23. The number of hydrogen-bond donors (Lipinski definition) is 2. The van der Waals surface area contributed by atoms with E-state index in [2.05, 4.69) is 53.6 Å². The van der Waals surface area contributed by atoms with E-state index in [0.29, 0.717) is 5.96 Å². The molecule has 3 nitrogen and oxygen atoms in total. The molecule has 0 aliphatic rings. The second-order valence-corrected chi connectivity index (χ2v) is 5.04. The molecule has 4 heteroatoms. The van der Waals surface area contributed by atoms with Crippen LogP contribution in [0.3, 0.4) is 0 Å². The lowest BCUT2D eigenvalue weighted by molar-refractivity contribution is 0.832. The monoisotopic (exact) mass is 409 g/mol. The first-order chi connectivity index (χ1) is 10.3. The van der Waals surface area contributed by atoms with Crippen molar-refractivity contribution < 1.29 is 0 Å². The third-order valence-electron chi connectivity index (χ3n) is 3.36. The molecular formula is C18H24IN3. The van der Waals surface area contributed by atoms with Gasteiger partial charge in [0.25, 0.3) is 0 Å². The Morgan fingerprint density at radius 1 is 1.05 bits per heavy atom. The van der Waals surface area contributed by atoms with Gasteiger partial charge in [0.1, 0.15) is 0 Å². The molecule has 0 heterocycles. The van der Waals surface area contributed by atoms with Gasteiger partial charge in [0.05, 0.1) is 0 Å². The second kappa shape index (κ2) is 10.2. The van der Waals surface area contributed by atoms with Crippen molar-refractivity contribution in [1.29, 1.82) is 0 Å². The first-order valence-electron chi connectivity index (χ1n) is 7.47. The average molecular weight is 409 g/mol. The van der Waals surface area contributed by atoms with Crippen molar-refractivity contribution in [3.05, 3.63) is 65.7 Å². The van der Waals surface area contributed by atoms with Crippen molar-refractivity contribution in [2.45, 2.75) is 26.2 Å². The maximum atomic E-state index is 5.92. The van der Waals surface area contributed by atoms with Crippen LogP contribution in [0.25, 0.3) is 0 Å². The number of nitrogens with one attached hydrogen (secondary N) is 1. The summed E-state index contributed by atoms with van der Waals surface area (Å²) in [5.41, 5.74) is 9.55. The number of anilines is 1. The number of nitrogens with zero attached hydrogens (tertiary/aromatic N) is 1. The molecule has 2 aromatic carbocycles. The smallest absolute Gasteiger partial charge is 0.193 e. The molecule has 0 saturated carbocycles. The largest absolute Gasteiger partial charge is 0.370 e. The first kappa shape index (κ1) is 18.5. The molecule has 3 N–H and O–H groups in total. The van der Waals surface area contributed by atoms with Crippen LogP contribution in [0, 0.1) is 0 Å². The number of halogens is 1. The number of benzene rings is 2. The van der Waals surface area contributed by atoms with E-state index in [9.17, 15) is 0 Å². The van der Waals surface area contributed by atoms with Crippen molar-refractivity contribution in [3.8, 4) is 0 Å². The summed E-state index contributed by atoms with van der Waals surface area (Å²) in [4.78, 5) is 4.37. The Labute approximate surface area is 150 Å². The zero-order valence-corrected chi connectivity index (χ0v) is 15.3. The van der Waals surface area contributed by atoms with E-state index in [1.54, 1.807) is 0 Å². The Bertz CT molecular complexity index is 582. The Balaban J connectivity index is 0.00000242. The van der Waals surface area contributed by atoms with Crippen LogP contribution >= 0.6 is 24.0 Å². The van der Waals surface area contributed by atoms with Crippen LogP contribution in [-0.4, -0.2) is 12.5 Å². The molecule has 118 valence electrons. The van der Waals surface area contributed by atoms with Crippen molar-refractivity contribution in [1.82, 2.24) is 0 Å². The summed E-state index contributed by atoms with van der Waals surface area (Å²) in [6, 6.07) is 18.7.